The lowest BCUT2D eigenvalue weighted by Gasteiger charge is -2.43. The van der Waals surface area contributed by atoms with Gasteiger partial charge in [0.1, 0.15) is 5.82 Å². The Kier molecular flexibility index (Phi) is 4.28. The maximum Gasteiger partial charge on any atom is 0.186 e. The molecule has 1 aliphatic carbocycles. The Balaban J connectivity index is 2.44. The lowest BCUT2D eigenvalue weighted by atomic mass is 9.71. The van der Waals surface area contributed by atoms with Crippen molar-refractivity contribution in [1.29, 1.82) is 0 Å². The van der Waals surface area contributed by atoms with E-state index >= 15 is 0 Å². The number of ketones is 1. The molecule has 110 valence electrons. The van der Waals surface area contributed by atoms with Crippen molar-refractivity contribution in [2.75, 3.05) is 14.1 Å². The molecule has 1 aliphatic rings. The first-order valence-electron chi connectivity index (χ1n) is 7.35. The number of carbonyl (C=O) groups is 1. The number of Topliss-reactive ketones (excluding diaryl/α,β-unsaturated/α-hetero) is 1. The minimum atomic E-state index is -0.549. The van der Waals surface area contributed by atoms with Gasteiger partial charge in [0.25, 0.3) is 0 Å². The van der Waals surface area contributed by atoms with Crippen LogP contribution in [0.2, 0.25) is 0 Å². The fourth-order valence-electron chi connectivity index (χ4n) is 3.40. The summed E-state index contributed by atoms with van der Waals surface area (Å²) in [6, 6.07) is 4.79. The van der Waals surface area contributed by atoms with Crippen LogP contribution in [-0.2, 0) is 0 Å². The van der Waals surface area contributed by atoms with E-state index in [-0.39, 0.29) is 11.3 Å². The average Bonchev–Trinajstić information content (AvgIpc) is 2.40. The largest absolute Gasteiger partial charge is 0.297 e. The molecule has 2 atom stereocenters. The standard InChI is InChI=1S/C17H24FNO/c1-12-7-8-15(18)14(10-12)16(20)17(19(3)4)9-5-6-13(2)11-17/h7-8,10,13H,5-6,9,11H2,1-4H3. The van der Waals surface area contributed by atoms with Gasteiger partial charge in [-0.1, -0.05) is 31.4 Å². The first kappa shape index (κ1) is 15.2. The molecular formula is C17H24FNO. The smallest absolute Gasteiger partial charge is 0.186 e. The molecule has 0 aliphatic heterocycles. The molecule has 0 saturated heterocycles. The van der Waals surface area contributed by atoms with Crippen LogP contribution in [-0.4, -0.2) is 30.3 Å². The Morgan fingerprint density at radius 2 is 2.10 bits per heavy atom. The van der Waals surface area contributed by atoms with Gasteiger partial charge in [0, 0.05) is 0 Å². The monoisotopic (exact) mass is 277 g/mol. The maximum absolute atomic E-state index is 14.1. The van der Waals surface area contributed by atoms with Crippen molar-refractivity contribution >= 4 is 5.78 Å². The van der Waals surface area contributed by atoms with E-state index in [1.54, 1.807) is 12.1 Å². The molecule has 0 N–H and O–H groups in total. The number of benzene rings is 1. The summed E-state index contributed by atoms with van der Waals surface area (Å²) in [5.74, 6) is 0.0401. The molecule has 0 heterocycles. The van der Waals surface area contributed by atoms with E-state index in [0.717, 1.165) is 31.2 Å². The second-order valence-electron chi connectivity index (χ2n) is 6.44. The molecule has 3 heteroatoms. The van der Waals surface area contributed by atoms with E-state index in [2.05, 4.69) is 6.92 Å². The van der Waals surface area contributed by atoms with Crippen molar-refractivity contribution in [2.24, 2.45) is 5.92 Å². The van der Waals surface area contributed by atoms with Crippen LogP contribution in [0.4, 0.5) is 4.39 Å². The number of hydrogen-bond acceptors (Lipinski definition) is 2. The van der Waals surface area contributed by atoms with Gasteiger partial charge in [-0.3, -0.25) is 9.69 Å². The van der Waals surface area contributed by atoms with E-state index in [0.29, 0.717) is 5.92 Å². The maximum atomic E-state index is 14.1. The van der Waals surface area contributed by atoms with Crippen molar-refractivity contribution < 1.29 is 9.18 Å². The van der Waals surface area contributed by atoms with Crippen LogP contribution in [0.25, 0.3) is 0 Å². The zero-order valence-electron chi connectivity index (χ0n) is 12.9. The minimum absolute atomic E-state index is 0.0600. The van der Waals surface area contributed by atoms with Crippen LogP contribution >= 0.6 is 0 Å². The molecule has 2 unspecified atom stereocenters. The summed E-state index contributed by atoms with van der Waals surface area (Å²) < 4.78 is 14.1. The highest BCUT2D eigenvalue weighted by Gasteiger charge is 2.44. The number of hydrogen-bond donors (Lipinski definition) is 0. The normalized spacial score (nSPS) is 26.8. The van der Waals surface area contributed by atoms with Gasteiger partial charge in [0.05, 0.1) is 11.1 Å². The second kappa shape index (κ2) is 5.65. The van der Waals surface area contributed by atoms with Crippen molar-refractivity contribution in [3.8, 4) is 0 Å². The van der Waals surface area contributed by atoms with Gasteiger partial charge in [-0.05, 0) is 51.9 Å². The van der Waals surface area contributed by atoms with Crippen LogP contribution in [0.1, 0.15) is 48.5 Å². The van der Waals surface area contributed by atoms with Gasteiger partial charge in [0.2, 0.25) is 0 Å². The Labute approximate surface area is 121 Å². The zero-order valence-corrected chi connectivity index (χ0v) is 12.9. The van der Waals surface area contributed by atoms with Gasteiger partial charge in [-0.25, -0.2) is 4.39 Å². The molecule has 1 aromatic rings. The third kappa shape index (κ3) is 2.64. The molecule has 0 aromatic heterocycles. The van der Waals surface area contributed by atoms with E-state index in [9.17, 15) is 9.18 Å². The number of aryl methyl sites for hydroxylation is 1. The first-order chi connectivity index (χ1) is 9.36. The predicted octanol–water partition coefficient (Wildman–Crippen LogP) is 3.83. The van der Waals surface area contributed by atoms with E-state index in [1.807, 2.05) is 25.9 Å². The predicted molar refractivity (Wildman–Crippen MR) is 79.5 cm³/mol. The van der Waals surface area contributed by atoms with Crippen LogP contribution in [0, 0.1) is 18.7 Å². The molecule has 0 radical (unpaired) electrons. The molecule has 2 rings (SSSR count). The molecule has 0 bridgehead atoms. The van der Waals surface area contributed by atoms with E-state index < -0.39 is 11.4 Å². The van der Waals surface area contributed by atoms with Crippen LogP contribution in [0.3, 0.4) is 0 Å². The van der Waals surface area contributed by atoms with Crippen molar-refractivity contribution in [2.45, 2.75) is 45.1 Å². The van der Waals surface area contributed by atoms with Crippen LogP contribution in [0.5, 0.6) is 0 Å². The van der Waals surface area contributed by atoms with Crippen molar-refractivity contribution in [3.63, 3.8) is 0 Å². The molecular weight excluding hydrogens is 253 g/mol. The van der Waals surface area contributed by atoms with Gasteiger partial charge < -0.3 is 0 Å². The number of halogens is 1. The molecule has 1 fully saturated rings. The highest BCUT2D eigenvalue weighted by molar-refractivity contribution is 6.03. The summed E-state index contributed by atoms with van der Waals surface area (Å²) >= 11 is 0. The number of nitrogens with zero attached hydrogens (tertiary/aromatic N) is 1. The van der Waals surface area contributed by atoms with Gasteiger partial charge >= 0.3 is 0 Å². The topological polar surface area (TPSA) is 20.3 Å². The molecule has 1 aromatic carbocycles. The third-order valence-electron chi connectivity index (χ3n) is 4.62. The summed E-state index contributed by atoms with van der Waals surface area (Å²) in [6.07, 6.45) is 3.81. The summed E-state index contributed by atoms with van der Waals surface area (Å²) in [6.45, 7) is 4.07. The summed E-state index contributed by atoms with van der Waals surface area (Å²) in [5.41, 5.74) is 0.618. The Hall–Kier alpha value is -1.22. The summed E-state index contributed by atoms with van der Waals surface area (Å²) in [7, 11) is 3.87. The minimum Gasteiger partial charge on any atom is -0.297 e. The number of rotatable bonds is 3. The average molecular weight is 277 g/mol. The lowest BCUT2D eigenvalue weighted by Crippen LogP contribution is -2.54. The SMILES string of the molecule is Cc1ccc(F)c(C(=O)C2(N(C)C)CCCC(C)C2)c1. The van der Waals surface area contributed by atoms with Crippen molar-refractivity contribution in [1.82, 2.24) is 4.90 Å². The number of carbonyl (C=O) groups excluding carboxylic acids is 1. The molecule has 0 spiro atoms. The quantitative estimate of drug-likeness (QED) is 0.783. The fourth-order valence-corrected chi connectivity index (χ4v) is 3.40. The Morgan fingerprint density at radius 1 is 1.40 bits per heavy atom. The third-order valence-corrected chi connectivity index (χ3v) is 4.62. The van der Waals surface area contributed by atoms with Gasteiger partial charge in [-0.2, -0.15) is 0 Å². The fraction of sp³-hybridized carbons (Fsp3) is 0.588. The Morgan fingerprint density at radius 3 is 2.70 bits per heavy atom. The molecule has 2 nitrogen and oxygen atoms in total. The molecule has 1 saturated carbocycles. The van der Waals surface area contributed by atoms with E-state index in [1.165, 1.54) is 6.07 Å². The number of likely N-dealkylation sites (N-methyl/N-ethyl adjacent to an activating group) is 1. The second-order valence-corrected chi connectivity index (χ2v) is 6.44. The molecule has 0 amide bonds. The zero-order chi connectivity index (χ0) is 14.9. The molecule has 20 heavy (non-hydrogen) atoms. The lowest BCUT2D eigenvalue weighted by molar-refractivity contribution is 0.0482. The highest BCUT2D eigenvalue weighted by atomic mass is 19.1. The first-order valence-corrected chi connectivity index (χ1v) is 7.35. The van der Waals surface area contributed by atoms with Gasteiger partial charge in [0.15, 0.2) is 5.78 Å². The van der Waals surface area contributed by atoms with E-state index in [4.69, 9.17) is 0 Å². The van der Waals surface area contributed by atoms with Crippen molar-refractivity contribution in [3.05, 3.63) is 35.1 Å². The van der Waals surface area contributed by atoms with Gasteiger partial charge in [-0.15, -0.1) is 0 Å². The summed E-state index contributed by atoms with van der Waals surface area (Å²) in [5, 5.41) is 0. The van der Waals surface area contributed by atoms with Crippen LogP contribution < -0.4 is 0 Å². The summed E-state index contributed by atoms with van der Waals surface area (Å²) in [4.78, 5) is 15.0. The Bertz CT molecular complexity index is 512. The highest BCUT2D eigenvalue weighted by Crippen LogP contribution is 2.38. The van der Waals surface area contributed by atoms with Crippen LogP contribution in [0.15, 0.2) is 18.2 Å².